The van der Waals surface area contributed by atoms with Crippen molar-refractivity contribution >= 4 is 11.7 Å². The summed E-state index contributed by atoms with van der Waals surface area (Å²) < 4.78 is 1.79. The van der Waals surface area contributed by atoms with E-state index in [1.54, 1.807) is 16.8 Å². The van der Waals surface area contributed by atoms with Gasteiger partial charge < -0.3 is 4.90 Å². The van der Waals surface area contributed by atoms with Crippen molar-refractivity contribution in [3.63, 3.8) is 0 Å². The molecule has 2 aromatic rings. The molecular formula is C14H18N4O. The fourth-order valence-electron chi connectivity index (χ4n) is 2.25. The van der Waals surface area contributed by atoms with Crippen LogP contribution in [0.25, 0.3) is 5.78 Å². The summed E-state index contributed by atoms with van der Waals surface area (Å²) in [6.07, 6.45) is 8.78. The molecule has 1 saturated carbocycles. The standard InChI is InChI=1S/C14H18N4O/c1-2-7-17(9-11-4-5-11)13(19)12-10-18-8-3-6-15-14(18)16-12/h3,6,8,10-11H,2,4-5,7,9H2,1H3. The van der Waals surface area contributed by atoms with Crippen LogP contribution in [0.5, 0.6) is 0 Å². The average molecular weight is 258 g/mol. The van der Waals surface area contributed by atoms with Gasteiger partial charge in [-0.1, -0.05) is 6.92 Å². The second kappa shape index (κ2) is 4.99. The van der Waals surface area contributed by atoms with Crippen molar-refractivity contribution in [2.75, 3.05) is 13.1 Å². The molecule has 0 aliphatic heterocycles. The highest BCUT2D eigenvalue weighted by atomic mass is 16.2. The van der Waals surface area contributed by atoms with Gasteiger partial charge >= 0.3 is 0 Å². The molecule has 1 fully saturated rings. The van der Waals surface area contributed by atoms with Gasteiger partial charge in [0, 0.05) is 31.7 Å². The molecule has 3 rings (SSSR count). The first-order valence-electron chi connectivity index (χ1n) is 6.87. The lowest BCUT2D eigenvalue weighted by Crippen LogP contribution is -2.33. The first-order valence-corrected chi connectivity index (χ1v) is 6.87. The van der Waals surface area contributed by atoms with E-state index in [0.29, 0.717) is 17.4 Å². The summed E-state index contributed by atoms with van der Waals surface area (Å²) in [7, 11) is 0. The van der Waals surface area contributed by atoms with Gasteiger partial charge in [0.2, 0.25) is 5.78 Å². The second-order valence-electron chi connectivity index (χ2n) is 5.15. The maximum Gasteiger partial charge on any atom is 0.274 e. The molecule has 5 heteroatoms. The molecule has 19 heavy (non-hydrogen) atoms. The lowest BCUT2D eigenvalue weighted by molar-refractivity contribution is 0.0742. The van der Waals surface area contributed by atoms with Crippen LogP contribution in [0.1, 0.15) is 36.7 Å². The number of rotatable bonds is 5. The van der Waals surface area contributed by atoms with E-state index >= 15 is 0 Å². The number of hydrogen-bond donors (Lipinski definition) is 0. The van der Waals surface area contributed by atoms with E-state index < -0.39 is 0 Å². The fraction of sp³-hybridized carbons (Fsp3) is 0.500. The Morgan fingerprint density at radius 2 is 2.37 bits per heavy atom. The number of aromatic nitrogens is 3. The summed E-state index contributed by atoms with van der Waals surface area (Å²) in [5.74, 6) is 1.30. The summed E-state index contributed by atoms with van der Waals surface area (Å²) in [6, 6.07) is 1.83. The minimum Gasteiger partial charge on any atom is -0.337 e. The van der Waals surface area contributed by atoms with Crippen LogP contribution < -0.4 is 0 Å². The number of nitrogens with zero attached hydrogens (tertiary/aromatic N) is 4. The highest BCUT2D eigenvalue weighted by molar-refractivity contribution is 5.92. The molecule has 0 N–H and O–H groups in total. The zero-order valence-electron chi connectivity index (χ0n) is 11.1. The third kappa shape index (κ3) is 2.59. The monoisotopic (exact) mass is 258 g/mol. The van der Waals surface area contributed by atoms with Gasteiger partial charge in [-0.15, -0.1) is 0 Å². The number of carbonyl (C=O) groups excluding carboxylic acids is 1. The van der Waals surface area contributed by atoms with E-state index in [4.69, 9.17) is 0 Å². The van der Waals surface area contributed by atoms with Crippen LogP contribution in [-0.4, -0.2) is 38.3 Å². The summed E-state index contributed by atoms with van der Waals surface area (Å²) in [5.41, 5.74) is 0.493. The normalized spacial score (nSPS) is 14.8. The van der Waals surface area contributed by atoms with Crippen LogP contribution >= 0.6 is 0 Å². The van der Waals surface area contributed by atoms with Crippen molar-refractivity contribution in [3.05, 3.63) is 30.4 Å². The number of fused-ring (bicyclic) bond motifs is 1. The molecule has 1 amide bonds. The van der Waals surface area contributed by atoms with E-state index in [2.05, 4.69) is 16.9 Å². The maximum atomic E-state index is 12.5. The van der Waals surface area contributed by atoms with Crippen molar-refractivity contribution in [3.8, 4) is 0 Å². The minimum atomic E-state index is 0.0271. The molecule has 0 radical (unpaired) electrons. The predicted octanol–water partition coefficient (Wildman–Crippen LogP) is 1.99. The molecule has 0 saturated heterocycles. The minimum absolute atomic E-state index is 0.0271. The van der Waals surface area contributed by atoms with Gasteiger partial charge in [-0.3, -0.25) is 9.20 Å². The van der Waals surface area contributed by atoms with Crippen LogP contribution in [0, 0.1) is 5.92 Å². The summed E-state index contributed by atoms with van der Waals surface area (Å²) in [6.45, 7) is 3.77. The predicted molar refractivity (Wildman–Crippen MR) is 71.9 cm³/mol. The zero-order valence-corrected chi connectivity index (χ0v) is 11.1. The molecule has 0 spiro atoms. The Kier molecular flexibility index (Phi) is 3.19. The highest BCUT2D eigenvalue weighted by Gasteiger charge is 2.27. The Hall–Kier alpha value is -1.91. The average Bonchev–Trinajstić information content (AvgIpc) is 3.13. The number of hydrogen-bond acceptors (Lipinski definition) is 3. The van der Waals surface area contributed by atoms with Gasteiger partial charge in [0.15, 0.2) is 0 Å². The molecule has 2 aromatic heterocycles. The van der Waals surface area contributed by atoms with Crippen molar-refractivity contribution in [2.45, 2.75) is 26.2 Å². The van der Waals surface area contributed by atoms with Gasteiger partial charge in [0.1, 0.15) is 5.69 Å². The van der Waals surface area contributed by atoms with Crippen LogP contribution in [-0.2, 0) is 0 Å². The third-order valence-corrected chi connectivity index (χ3v) is 3.41. The summed E-state index contributed by atoms with van der Waals surface area (Å²) in [5, 5.41) is 0. The third-order valence-electron chi connectivity index (χ3n) is 3.41. The van der Waals surface area contributed by atoms with Crippen LogP contribution in [0.4, 0.5) is 0 Å². The van der Waals surface area contributed by atoms with Crippen molar-refractivity contribution in [1.29, 1.82) is 0 Å². The SMILES string of the molecule is CCCN(CC1CC1)C(=O)c1cn2cccnc2n1. The van der Waals surface area contributed by atoms with Gasteiger partial charge in [0.25, 0.3) is 5.91 Å². The van der Waals surface area contributed by atoms with Gasteiger partial charge in [-0.2, -0.15) is 0 Å². The molecule has 0 bridgehead atoms. The molecule has 5 nitrogen and oxygen atoms in total. The molecule has 100 valence electrons. The molecular weight excluding hydrogens is 240 g/mol. The smallest absolute Gasteiger partial charge is 0.274 e. The van der Waals surface area contributed by atoms with E-state index in [1.165, 1.54) is 12.8 Å². The van der Waals surface area contributed by atoms with Gasteiger partial charge in [-0.05, 0) is 31.2 Å². The van der Waals surface area contributed by atoms with Crippen LogP contribution in [0.3, 0.4) is 0 Å². The lowest BCUT2D eigenvalue weighted by Gasteiger charge is -2.20. The Labute approximate surface area is 112 Å². The Balaban J connectivity index is 1.83. The zero-order chi connectivity index (χ0) is 13.2. The summed E-state index contributed by atoms with van der Waals surface area (Å²) in [4.78, 5) is 22.9. The van der Waals surface area contributed by atoms with E-state index in [0.717, 1.165) is 19.5 Å². The van der Waals surface area contributed by atoms with Crippen LogP contribution in [0.15, 0.2) is 24.7 Å². The van der Waals surface area contributed by atoms with Gasteiger partial charge in [0.05, 0.1) is 0 Å². The van der Waals surface area contributed by atoms with E-state index in [9.17, 15) is 4.79 Å². The molecule has 0 unspecified atom stereocenters. The van der Waals surface area contributed by atoms with Gasteiger partial charge in [-0.25, -0.2) is 9.97 Å². The first-order chi connectivity index (χ1) is 9.28. The molecule has 2 heterocycles. The molecule has 0 atom stereocenters. The Bertz CT molecular complexity index is 555. The van der Waals surface area contributed by atoms with Crippen molar-refractivity contribution in [2.24, 2.45) is 5.92 Å². The molecule has 1 aliphatic rings. The first kappa shape index (κ1) is 12.1. The summed E-state index contributed by atoms with van der Waals surface area (Å²) >= 11 is 0. The Morgan fingerprint density at radius 3 is 3.05 bits per heavy atom. The molecule has 0 aromatic carbocycles. The van der Waals surface area contributed by atoms with Crippen molar-refractivity contribution < 1.29 is 4.79 Å². The van der Waals surface area contributed by atoms with Crippen LogP contribution in [0.2, 0.25) is 0 Å². The fourth-order valence-corrected chi connectivity index (χ4v) is 2.25. The maximum absolute atomic E-state index is 12.5. The highest BCUT2D eigenvalue weighted by Crippen LogP contribution is 2.30. The van der Waals surface area contributed by atoms with Crippen molar-refractivity contribution in [1.82, 2.24) is 19.3 Å². The van der Waals surface area contributed by atoms with E-state index in [1.807, 2.05) is 17.2 Å². The topological polar surface area (TPSA) is 50.5 Å². The molecule has 1 aliphatic carbocycles. The van der Waals surface area contributed by atoms with E-state index in [-0.39, 0.29) is 5.91 Å². The Morgan fingerprint density at radius 1 is 1.53 bits per heavy atom. The largest absolute Gasteiger partial charge is 0.337 e. The second-order valence-corrected chi connectivity index (χ2v) is 5.15. The number of amides is 1. The number of imidazole rings is 1. The quantitative estimate of drug-likeness (QED) is 0.824. The lowest BCUT2D eigenvalue weighted by atomic mass is 10.3. The number of carbonyl (C=O) groups is 1.